The van der Waals surface area contributed by atoms with Gasteiger partial charge >= 0.3 is 0 Å². The second-order valence-corrected chi connectivity index (χ2v) is 4.68. The van der Waals surface area contributed by atoms with Gasteiger partial charge in [-0.25, -0.2) is 9.97 Å². The number of rotatable bonds is 5. The summed E-state index contributed by atoms with van der Waals surface area (Å²) in [5.41, 5.74) is 3.25. The van der Waals surface area contributed by atoms with Crippen LogP contribution in [0.3, 0.4) is 0 Å². The number of hydrogen-bond donors (Lipinski definition) is 2. The molecule has 21 heavy (non-hydrogen) atoms. The summed E-state index contributed by atoms with van der Waals surface area (Å²) >= 11 is 0. The van der Waals surface area contributed by atoms with Crippen molar-refractivity contribution >= 4 is 17.5 Å². The molecule has 1 amide bonds. The maximum Gasteiger partial charge on any atom is 0.251 e. The number of nitrogens with zero attached hydrogens (tertiary/aromatic N) is 2. The molecule has 0 fully saturated rings. The molecule has 5 nitrogen and oxygen atoms in total. The molecule has 0 saturated carbocycles. The van der Waals surface area contributed by atoms with E-state index < -0.39 is 0 Å². The van der Waals surface area contributed by atoms with Gasteiger partial charge in [-0.3, -0.25) is 4.79 Å². The van der Waals surface area contributed by atoms with Crippen molar-refractivity contribution in [2.45, 2.75) is 13.8 Å². The van der Waals surface area contributed by atoms with Crippen molar-refractivity contribution in [3.8, 4) is 0 Å². The van der Waals surface area contributed by atoms with Crippen molar-refractivity contribution < 1.29 is 4.79 Å². The lowest BCUT2D eigenvalue weighted by atomic mass is 10.2. The van der Waals surface area contributed by atoms with Crippen molar-refractivity contribution in [1.29, 1.82) is 0 Å². The van der Waals surface area contributed by atoms with E-state index in [9.17, 15) is 4.79 Å². The number of carbonyl (C=O) groups is 1. The highest BCUT2D eigenvalue weighted by Crippen LogP contribution is 2.14. The van der Waals surface area contributed by atoms with Crippen LogP contribution in [0.15, 0.2) is 43.0 Å². The van der Waals surface area contributed by atoms with Crippen molar-refractivity contribution in [2.75, 3.05) is 11.9 Å². The van der Waals surface area contributed by atoms with Gasteiger partial charge in [0.15, 0.2) is 0 Å². The summed E-state index contributed by atoms with van der Waals surface area (Å²) in [5, 5.41) is 5.86. The minimum atomic E-state index is -0.121. The Hall–Kier alpha value is -2.69. The van der Waals surface area contributed by atoms with Gasteiger partial charge in [0.1, 0.15) is 0 Å². The number of hydrogen-bond acceptors (Lipinski definition) is 4. The van der Waals surface area contributed by atoms with Crippen molar-refractivity contribution in [3.63, 3.8) is 0 Å². The van der Waals surface area contributed by atoms with Crippen LogP contribution in [0, 0.1) is 13.8 Å². The van der Waals surface area contributed by atoms with Crippen LogP contribution in [0.4, 0.5) is 11.6 Å². The molecule has 0 aliphatic rings. The number of nitrogens with one attached hydrogen (secondary N) is 2. The topological polar surface area (TPSA) is 66.9 Å². The average molecular weight is 282 g/mol. The van der Waals surface area contributed by atoms with E-state index in [0.29, 0.717) is 18.1 Å². The molecule has 5 heteroatoms. The first-order valence-electron chi connectivity index (χ1n) is 6.67. The zero-order chi connectivity index (χ0) is 15.2. The van der Waals surface area contributed by atoms with E-state index in [1.54, 1.807) is 18.2 Å². The number of amides is 1. The van der Waals surface area contributed by atoms with E-state index in [1.165, 1.54) is 0 Å². The summed E-state index contributed by atoms with van der Waals surface area (Å²) in [5.74, 6) is 0.431. The van der Waals surface area contributed by atoms with E-state index in [2.05, 4.69) is 27.2 Å². The van der Waals surface area contributed by atoms with Gasteiger partial charge in [0.2, 0.25) is 5.95 Å². The summed E-state index contributed by atoms with van der Waals surface area (Å²) in [6.07, 6.45) is 1.64. The lowest BCUT2D eigenvalue weighted by molar-refractivity contribution is 0.0958. The van der Waals surface area contributed by atoms with Gasteiger partial charge in [0.05, 0.1) is 0 Å². The highest BCUT2D eigenvalue weighted by atomic mass is 16.1. The molecule has 0 aliphatic heterocycles. The minimum absolute atomic E-state index is 0.121. The smallest absolute Gasteiger partial charge is 0.251 e. The molecule has 2 rings (SSSR count). The molecule has 1 aromatic heterocycles. The summed E-state index contributed by atoms with van der Waals surface area (Å²) < 4.78 is 0. The zero-order valence-electron chi connectivity index (χ0n) is 12.2. The van der Waals surface area contributed by atoms with Crippen LogP contribution in [-0.2, 0) is 0 Å². The molecule has 2 aromatic rings. The largest absolute Gasteiger partial charge is 0.349 e. The first-order valence-corrected chi connectivity index (χ1v) is 6.67. The molecule has 0 bridgehead atoms. The highest BCUT2D eigenvalue weighted by Gasteiger charge is 2.05. The summed E-state index contributed by atoms with van der Waals surface area (Å²) in [7, 11) is 0. The predicted molar refractivity (Wildman–Crippen MR) is 83.8 cm³/mol. The normalized spacial score (nSPS) is 10.0. The highest BCUT2D eigenvalue weighted by molar-refractivity contribution is 5.94. The van der Waals surface area contributed by atoms with E-state index in [4.69, 9.17) is 0 Å². The van der Waals surface area contributed by atoms with Crippen LogP contribution in [0.2, 0.25) is 0 Å². The quantitative estimate of drug-likeness (QED) is 0.827. The standard InChI is InChI=1S/C16H18N4O/c1-4-9-17-15(21)13-5-7-14(8-6-13)20-16-18-11(2)10-12(3)19-16/h4-8,10H,1,9H2,2-3H3,(H,17,21)(H,18,19,20). The van der Waals surface area contributed by atoms with E-state index in [-0.39, 0.29) is 5.91 Å². The lowest BCUT2D eigenvalue weighted by Crippen LogP contribution is -2.22. The van der Waals surface area contributed by atoms with Gasteiger partial charge in [-0.1, -0.05) is 6.08 Å². The van der Waals surface area contributed by atoms with Crippen LogP contribution in [0.1, 0.15) is 21.7 Å². The van der Waals surface area contributed by atoms with Gasteiger partial charge in [-0.2, -0.15) is 0 Å². The third-order valence-electron chi connectivity index (χ3n) is 2.79. The number of carbonyl (C=O) groups excluding carboxylic acids is 1. The second-order valence-electron chi connectivity index (χ2n) is 4.68. The number of aryl methyl sites for hydroxylation is 2. The Balaban J connectivity index is 2.08. The predicted octanol–water partition coefficient (Wildman–Crippen LogP) is 2.75. The Morgan fingerprint density at radius 1 is 1.19 bits per heavy atom. The molecule has 1 heterocycles. The van der Waals surface area contributed by atoms with Crippen molar-refractivity contribution in [1.82, 2.24) is 15.3 Å². The Labute approximate surface area is 124 Å². The fourth-order valence-electron chi connectivity index (χ4n) is 1.88. The fraction of sp³-hybridized carbons (Fsp3) is 0.188. The van der Waals surface area contributed by atoms with Gasteiger partial charge in [-0.15, -0.1) is 6.58 Å². The Morgan fingerprint density at radius 2 is 1.81 bits per heavy atom. The summed E-state index contributed by atoms with van der Waals surface area (Å²) in [6, 6.07) is 9.07. The van der Waals surface area contributed by atoms with Crippen LogP contribution in [0.5, 0.6) is 0 Å². The minimum Gasteiger partial charge on any atom is -0.349 e. The lowest BCUT2D eigenvalue weighted by Gasteiger charge is -2.07. The van der Waals surface area contributed by atoms with E-state index in [1.807, 2.05) is 32.0 Å². The molecule has 0 aliphatic carbocycles. The van der Waals surface area contributed by atoms with Crippen LogP contribution >= 0.6 is 0 Å². The van der Waals surface area contributed by atoms with Gasteiger partial charge in [0.25, 0.3) is 5.91 Å². The molecule has 2 N–H and O–H groups in total. The van der Waals surface area contributed by atoms with Crippen molar-refractivity contribution in [2.24, 2.45) is 0 Å². The van der Waals surface area contributed by atoms with Crippen LogP contribution < -0.4 is 10.6 Å². The van der Waals surface area contributed by atoms with E-state index >= 15 is 0 Å². The van der Waals surface area contributed by atoms with Crippen LogP contribution in [0.25, 0.3) is 0 Å². The van der Waals surface area contributed by atoms with E-state index in [0.717, 1.165) is 17.1 Å². The molecule has 0 spiro atoms. The monoisotopic (exact) mass is 282 g/mol. The molecule has 0 saturated heterocycles. The average Bonchev–Trinajstić information content (AvgIpc) is 2.44. The van der Waals surface area contributed by atoms with Crippen molar-refractivity contribution in [3.05, 3.63) is 59.9 Å². The summed E-state index contributed by atoms with van der Waals surface area (Å²) in [4.78, 5) is 20.4. The Bertz CT molecular complexity index is 630. The van der Waals surface area contributed by atoms with Gasteiger partial charge in [-0.05, 0) is 44.2 Å². The molecule has 1 aromatic carbocycles. The van der Waals surface area contributed by atoms with Gasteiger partial charge in [0, 0.05) is 29.2 Å². The molecular weight excluding hydrogens is 264 g/mol. The number of aromatic nitrogens is 2. The Morgan fingerprint density at radius 3 is 2.38 bits per heavy atom. The molecule has 108 valence electrons. The molecular formula is C16H18N4O. The molecule has 0 radical (unpaired) electrons. The third-order valence-corrected chi connectivity index (χ3v) is 2.79. The van der Waals surface area contributed by atoms with Crippen LogP contribution in [-0.4, -0.2) is 22.4 Å². The first-order chi connectivity index (χ1) is 10.1. The maximum atomic E-state index is 11.8. The number of anilines is 2. The maximum absolute atomic E-state index is 11.8. The first kappa shape index (κ1) is 14.7. The third kappa shape index (κ3) is 4.14. The summed E-state index contributed by atoms with van der Waals surface area (Å²) in [6.45, 7) is 7.86. The van der Waals surface area contributed by atoms with Gasteiger partial charge < -0.3 is 10.6 Å². The fourth-order valence-corrected chi connectivity index (χ4v) is 1.88. The SMILES string of the molecule is C=CCNC(=O)c1ccc(Nc2nc(C)cc(C)n2)cc1. The Kier molecular flexibility index (Phi) is 4.66. The second kappa shape index (κ2) is 6.65. The number of benzene rings is 1. The molecule has 0 atom stereocenters. The molecule has 0 unspecified atom stereocenters. The zero-order valence-corrected chi connectivity index (χ0v) is 12.2.